The highest BCUT2D eigenvalue weighted by atomic mass is 35.5. The lowest BCUT2D eigenvalue weighted by atomic mass is 10.1. The van der Waals surface area contributed by atoms with Crippen LogP contribution in [0.15, 0.2) is 41.6 Å². The fraction of sp³-hybridized carbons (Fsp3) is 0.267. The molecule has 1 aromatic heterocycles. The number of halogens is 1. The lowest BCUT2D eigenvalue weighted by molar-refractivity contribution is 0.598. The molecule has 0 saturated heterocycles. The van der Waals surface area contributed by atoms with Crippen LogP contribution in [0.1, 0.15) is 23.6 Å². The van der Waals surface area contributed by atoms with Crippen molar-refractivity contribution < 1.29 is 8.42 Å². The molecule has 110 valence electrons. The van der Waals surface area contributed by atoms with Gasteiger partial charge in [0, 0.05) is 11.3 Å². The molecule has 1 aliphatic rings. The maximum absolute atomic E-state index is 11.4. The molecule has 1 aromatic carbocycles. The number of benzene rings is 1. The second-order valence-corrected chi connectivity index (χ2v) is 7.64. The van der Waals surface area contributed by atoms with Crippen LogP contribution in [0.25, 0.3) is 0 Å². The topological polar surface area (TPSA) is 59.1 Å². The number of fused-ring (bicyclic) bond motifs is 1. The van der Waals surface area contributed by atoms with E-state index in [1.165, 1.54) is 17.2 Å². The molecule has 3 rings (SSSR count). The van der Waals surface area contributed by atoms with Gasteiger partial charge in [0.05, 0.1) is 17.9 Å². The summed E-state index contributed by atoms with van der Waals surface area (Å²) in [5.41, 5.74) is 3.32. The Labute approximate surface area is 129 Å². The third-order valence-corrected chi connectivity index (χ3v) is 4.88. The van der Waals surface area contributed by atoms with Crippen molar-refractivity contribution in [3.05, 3.63) is 52.7 Å². The molecule has 0 radical (unpaired) electrons. The maximum Gasteiger partial charge on any atom is 0.192 e. The van der Waals surface area contributed by atoms with Crippen molar-refractivity contribution in [1.29, 1.82) is 0 Å². The van der Waals surface area contributed by atoms with Crippen LogP contribution < -0.4 is 5.32 Å². The molecule has 0 saturated carbocycles. The molecular formula is C15H15ClN2O2S. The first-order valence-corrected chi connectivity index (χ1v) is 8.91. The van der Waals surface area contributed by atoms with Gasteiger partial charge in [-0.2, -0.15) is 0 Å². The van der Waals surface area contributed by atoms with E-state index in [1.54, 1.807) is 12.3 Å². The summed E-state index contributed by atoms with van der Waals surface area (Å²) in [6.45, 7) is 0. The predicted octanol–water partition coefficient (Wildman–Crippen LogP) is 3.24. The van der Waals surface area contributed by atoms with E-state index < -0.39 is 9.84 Å². The number of aromatic nitrogens is 1. The minimum Gasteiger partial charge on any atom is -0.377 e. The van der Waals surface area contributed by atoms with Gasteiger partial charge in [0.1, 0.15) is 0 Å². The van der Waals surface area contributed by atoms with Crippen molar-refractivity contribution >= 4 is 27.1 Å². The van der Waals surface area contributed by atoms with Crippen LogP contribution in [0.2, 0.25) is 5.02 Å². The molecule has 1 heterocycles. The van der Waals surface area contributed by atoms with E-state index in [2.05, 4.69) is 10.3 Å². The zero-order valence-corrected chi connectivity index (χ0v) is 13.1. The van der Waals surface area contributed by atoms with Crippen molar-refractivity contribution in [3.8, 4) is 0 Å². The van der Waals surface area contributed by atoms with Crippen molar-refractivity contribution in [2.75, 3.05) is 11.6 Å². The molecule has 21 heavy (non-hydrogen) atoms. The number of anilines is 1. The first-order chi connectivity index (χ1) is 9.93. The Balaban J connectivity index is 1.80. The highest BCUT2D eigenvalue weighted by Crippen LogP contribution is 2.35. The van der Waals surface area contributed by atoms with Crippen molar-refractivity contribution in [1.82, 2.24) is 4.98 Å². The summed E-state index contributed by atoms with van der Waals surface area (Å²) >= 11 is 6.00. The molecule has 2 aromatic rings. The number of rotatable bonds is 3. The first-order valence-electron chi connectivity index (χ1n) is 6.64. The van der Waals surface area contributed by atoms with E-state index >= 15 is 0 Å². The predicted molar refractivity (Wildman–Crippen MR) is 83.5 cm³/mol. The van der Waals surface area contributed by atoms with Crippen LogP contribution in [0.3, 0.4) is 0 Å². The van der Waals surface area contributed by atoms with Crippen molar-refractivity contribution in [2.24, 2.45) is 0 Å². The van der Waals surface area contributed by atoms with E-state index in [4.69, 9.17) is 11.6 Å². The van der Waals surface area contributed by atoms with E-state index in [1.807, 2.05) is 18.2 Å². The molecule has 4 nitrogen and oxygen atoms in total. The second kappa shape index (κ2) is 5.31. The number of hydrogen-bond donors (Lipinski definition) is 1. The Bertz CT molecular complexity index is 773. The van der Waals surface area contributed by atoms with Gasteiger partial charge in [0.2, 0.25) is 0 Å². The Morgan fingerprint density at radius 3 is 2.76 bits per heavy atom. The van der Waals surface area contributed by atoms with Gasteiger partial charge in [-0.25, -0.2) is 13.4 Å². The molecular weight excluding hydrogens is 308 g/mol. The van der Waals surface area contributed by atoms with Crippen LogP contribution in [0.4, 0.5) is 5.69 Å². The van der Waals surface area contributed by atoms with Crippen LogP contribution in [0.5, 0.6) is 0 Å². The highest BCUT2D eigenvalue weighted by molar-refractivity contribution is 7.90. The smallest absolute Gasteiger partial charge is 0.192 e. The van der Waals surface area contributed by atoms with Gasteiger partial charge in [-0.15, -0.1) is 0 Å². The van der Waals surface area contributed by atoms with E-state index in [-0.39, 0.29) is 11.1 Å². The number of aryl methyl sites for hydroxylation is 1. The number of sulfone groups is 1. The molecule has 0 aliphatic heterocycles. The van der Waals surface area contributed by atoms with E-state index in [0.29, 0.717) is 0 Å². The lowest BCUT2D eigenvalue weighted by Crippen LogP contribution is -2.08. The summed E-state index contributed by atoms with van der Waals surface area (Å²) in [7, 11) is -3.25. The molecule has 1 N–H and O–H groups in total. The minimum absolute atomic E-state index is 0.0895. The second-order valence-electron chi connectivity index (χ2n) is 5.24. The molecule has 0 spiro atoms. The largest absolute Gasteiger partial charge is 0.377 e. The first kappa shape index (κ1) is 14.4. The fourth-order valence-corrected chi connectivity index (χ4v) is 3.38. The molecule has 0 amide bonds. The van der Waals surface area contributed by atoms with Gasteiger partial charge in [0.15, 0.2) is 14.9 Å². The van der Waals surface area contributed by atoms with Crippen LogP contribution in [0, 0.1) is 0 Å². The summed E-state index contributed by atoms with van der Waals surface area (Å²) in [6, 6.07) is 9.42. The molecule has 1 aliphatic carbocycles. The van der Waals surface area contributed by atoms with Gasteiger partial charge in [-0.1, -0.05) is 17.7 Å². The third kappa shape index (κ3) is 3.04. The maximum atomic E-state index is 11.4. The number of nitrogens with zero attached hydrogens (tertiary/aromatic N) is 1. The summed E-state index contributed by atoms with van der Waals surface area (Å²) < 4.78 is 22.8. The summed E-state index contributed by atoms with van der Waals surface area (Å²) in [5.74, 6) is 0. The summed E-state index contributed by atoms with van der Waals surface area (Å²) in [6.07, 6.45) is 4.69. The Morgan fingerprint density at radius 2 is 2.10 bits per heavy atom. The zero-order valence-electron chi connectivity index (χ0n) is 11.5. The average molecular weight is 323 g/mol. The van der Waals surface area contributed by atoms with E-state index in [0.717, 1.165) is 29.8 Å². The Morgan fingerprint density at radius 1 is 1.29 bits per heavy atom. The molecule has 1 atom stereocenters. The standard InChI is InChI=1S/C15H15ClN2O2S/c1-21(19,20)15-7-4-12(9-17-15)18-14-6-2-10-8-11(16)3-5-13(10)14/h3-5,7-9,14,18H,2,6H2,1H3. The quantitative estimate of drug-likeness (QED) is 0.942. The SMILES string of the molecule is CS(=O)(=O)c1ccc(NC2CCc3cc(Cl)ccc32)cn1. The highest BCUT2D eigenvalue weighted by Gasteiger charge is 2.22. The summed E-state index contributed by atoms with van der Waals surface area (Å²) in [4.78, 5) is 3.99. The fourth-order valence-electron chi connectivity index (χ4n) is 2.62. The molecule has 1 unspecified atom stereocenters. The minimum atomic E-state index is -3.25. The Hall–Kier alpha value is -1.59. The number of pyridine rings is 1. The normalized spacial score (nSPS) is 17.5. The summed E-state index contributed by atoms with van der Waals surface area (Å²) in [5, 5.41) is 4.24. The van der Waals surface area contributed by atoms with Gasteiger partial charge in [0.25, 0.3) is 0 Å². The number of nitrogens with one attached hydrogen (secondary N) is 1. The number of hydrogen-bond acceptors (Lipinski definition) is 4. The van der Waals surface area contributed by atoms with Gasteiger partial charge < -0.3 is 5.32 Å². The van der Waals surface area contributed by atoms with Gasteiger partial charge in [-0.3, -0.25) is 0 Å². The van der Waals surface area contributed by atoms with Crippen LogP contribution in [-0.4, -0.2) is 19.7 Å². The molecule has 0 bridgehead atoms. The lowest BCUT2D eigenvalue weighted by Gasteiger charge is -2.15. The van der Waals surface area contributed by atoms with Crippen molar-refractivity contribution in [2.45, 2.75) is 23.9 Å². The Kier molecular flexibility index (Phi) is 3.63. The zero-order chi connectivity index (χ0) is 15.0. The van der Waals surface area contributed by atoms with Gasteiger partial charge >= 0.3 is 0 Å². The van der Waals surface area contributed by atoms with Crippen LogP contribution in [-0.2, 0) is 16.3 Å². The third-order valence-electron chi connectivity index (χ3n) is 3.64. The molecule has 0 fully saturated rings. The van der Waals surface area contributed by atoms with Crippen molar-refractivity contribution in [3.63, 3.8) is 0 Å². The van der Waals surface area contributed by atoms with Gasteiger partial charge in [-0.05, 0) is 48.2 Å². The van der Waals surface area contributed by atoms with Crippen LogP contribution >= 0.6 is 11.6 Å². The van der Waals surface area contributed by atoms with E-state index in [9.17, 15) is 8.42 Å². The average Bonchev–Trinajstić information content (AvgIpc) is 2.80. The monoisotopic (exact) mass is 322 g/mol. The molecule has 6 heteroatoms.